The van der Waals surface area contributed by atoms with Crippen LogP contribution in [0.15, 0.2) is 0 Å². The first-order valence-electron chi connectivity index (χ1n) is 7.27. The fraction of sp³-hybridized carbons (Fsp3) is 1.00. The molecule has 0 heterocycles. The number of fused-ring (bicyclic) bond motifs is 5. The van der Waals surface area contributed by atoms with Crippen molar-refractivity contribution in [3.63, 3.8) is 0 Å². The number of nitrogens with one attached hydrogen (secondary N) is 1. The van der Waals surface area contributed by atoms with Crippen molar-refractivity contribution in [2.45, 2.75) is 53.0 Å². The molecule has 5 atom stereocenters. The van der Waals surface area contributed by atoms with Crippen LogP contribution in [0.3, 0.4) is 0 Å². The molecule has 1 heteroatoms. The Morgan fingerprint density at radius 3 is 2.12 bits per heavy atom. The highest BCUT2D eigenvalue weighted by Crippen LogP contribution is 2.71. The van der Waals surface area contributed by atoms with Crippen LogP contribution >= 0.6 is 0 Å². The highest BCUT2D eigenvalue weighted by molar-refractivity contribution is 5.17. The van der Waals surface area contributed by atoms with E-state index in [1.807, 2.05) is 0 Å². The van der Waals surface area contributed by atoms with E-state index in [4.69, 9.17) is 0 Å². The van der Waals surface area contributed by atoms with Crippen LogP contribution in [0, 0.1) is 35.0 Å². The minimum Gasteiger partial charge on any atom is -0.313 e. The SMILES string of the molecule is CCNC(C1C2C3CCC(C3)C21)C(C)(C)C. The first-order valence-corrected chi connectivity index (χ1v) is 7.27. The van der Waals surface area contributed by atoms with Crippen LogP contribution in [0.25, 0.3) is 0 Å². The van der Waals surface area contributed by atoms with Gasteiger partial charge in [0.1, 0.15) is 0 Å². The van der Waals surface area contributed by atoms with Gasteiger partial charge in [-0.1, -0.05) is 27.7 Å². The summed E-state index contributed by atoms with van der Waals surface area (Å²) in [5, 5.41) is 3.78. The van der Waals surface area contributed by atoms with Crippen molar-refractivity contribution < 1.29 is 0 Å². The van der Waals surface area contributed by atoms with Gasteiger partial charge in [0.2, 0.25) is 0 Å². The second-order valence-electron chi connectivity index (χ2n) is 7.47. The molecule has 1 nitrogen and oxygen atoms in total. The Morgan fingerprint density at radius 1 is 1.12 bits per heavy atom. The van der Waals surface area contributed by atoms with E-state index in [0.717, 1.165) is 42.2 Å². The Hall–Kier alpha value is -0.0400. The van der Waals surface area contributed by atoms with Gasteiger partial charge in [0.05, 0.1) is 0 Å². The zero-order chi connectivity index (χ0) is 11.5. The maximum absolute atomic E-state index is 3.78. The quantitative estimate of drug-likeness (QED) is 0.771. The van der Waals surface area contributed by atoms with Crippen molar-refractivity contribution in [3.05, 3.63) is 0 Å². The molecule has 5 unspecified atom stereocenters. The Morgan fingerprint density at radius 2 is 1.69 bits per heavy atom. The van der Waals surface area contributed by atoms with Crippen LogP contribution in [0.1, 0.15) is 47.0 Å². The monoisotopic (exact) mass is 221 g/mol. The van der Waals surface area contributed by atoms with Gasteiger partial charge < -0.3 is 5.32 Å². The van der Waals surface area contributed by atoms with Gasteiger partial charge in [0.25, 0.3) is 0 Å². The van der Waals surface area contributed by atoms with Gasteiger partial charge in [0.15, 0.2) is 0 Å². The zero-order valence-electron chi connectivity index (χ0n) is 11.3. The number of rotatable bonds is 3. The lowest BCUT2D eigenvalue weighted by molar-refractivity contribution is 0.214. The lowest BCUT2D eigenvalue weighted by Gasteiger charge is -2.33. The average molecular weight is 221 g/mol. The summed E-state index contributed by atoms with van der Waals surface area (Å²) >= 11 is 0. The maximum atomic E-state index is 3.78. The molecule has 0 aromatic rings. The van der Waals surface area contributed by atoms with E-state index in [1.165, 1.54) is 0 Å². The summed E-state index contributed by atoms with van der Waals surface area (Å²) in [5.74, 6) is 5.47. The summed E-state index contributed by atoms with van der Waals surface area (Å²) in [6.07, 6.45) is 4.67. The fourth-order valence-corrected chi connectivity index (χ4v) is 5.08. The zero-order valence-corrected chi connectivity index (χ0v) is 11.3. The summed E-state index contributed by atoms with van der Waals surface area (Å²) < 4.78 is 0. The van der Waals surface area contributed by atoms with Gasteiger partial charge in [-0.05, 0) is 60.8 Å². The Kier molecular flexibility index (Phi) is 2.41. The molecule has 92 valence electrons. The van der Waals surface area contributed by atoms with Crippen LogP contribution in [0.5, 0.6) is 0 Å². The second-order valence-corrected chi connectivity index (χ2v) is 7.47. The van der Waals surface area contributed by atoms with Crippen molar-refractivity contribution in [1.29, 1.82) is 0 Å². The molecule has 3 saturated carbocycles. The summed E-state index contributed by atoms with van der Waals surface area (Å²) in [5.41, 5.74) is 0.435. The minimum absolute atomic E-state index is 0.435. The standard InChI is InChI=1S/C15H27N/c1-5-16-14(15(2,3)4)13-11-9-6-7-10(8-9)12(11)13/h9-14,16H,5-8H2,1-4H3. The molecule has 3 rings (SSSR count). The highest BCUT2D eigenvalue weighted by Gasteiger charge is 2.67. The molecule has 2 bridgehead atoms. The molecule has 3 aliphatic rings. The molecule has 3 fully saturated rings. The van der Waals surface area contributed by atoms with Crippen molar-refractivity contribution >= 4 is 0 Å². The van der Waals surface area contributed by atoms with Crippen LogP contribution in [0.4, 0.5) is 0 Å². The van der Waals surface area contributed by atoms with Crippen molar-refractivity contribution in [2.75, 3.05) is 6.54 Å². The topological polar surface area (TPSA) is 12.0 Å². The van der Waals surface area contributed by atoms with Crippen LogP contribution < -0.4 is 5.32 Å². The summed E-state index contributed by atoms with van der Waals surface area (Å²) in [6.45, 7) is 10.6. The van der Waals surface area contributed by atoms with Crippen molar-refractivity contribution in [3.8, 4) is 0 Å². The fourth-order valence-electron chi connectivity index (χ4n) is 5.08. The smallest absolute Gasteiger partial charge is 0.0149 e. The lowest BCUT2D eigenvalue weighted by Crippen LogP contribution is -2.43. The molecule has 16 heavy (non-hydrogen) atoms. The van der Waals surface area contributed by atoms with E-state index >= 15 is 0 Å². The number of hydrogen-bond acceptors (Lipinski definition) is 1. The largest absolute Gasteiger partial charge is 0.313 e. The third kappa shape index (κ3) is 1.47. The molecule has 0 aromatic heterocycles. The highest BCUT2D eigenvalue weighted by atomic mass is 15.0. The molecular weight excluding hydrogens is 194 g/mol. The van der Waals surface area contributed by atoms with E-state index in [-0.39, 0.29) is 0 Å². The van der Waals surface area contributed by atoms with E-state index in [1.54, 1.807) is 19.3 Å². The molecule has 1 N–H and O–H groups in total. The Balaban J connectivity index is 1.74. The molecule has 0 amide bonds. The Labute approximate surface area is 100 Å². The van der Waals surface area contributed by atoms with Gasteiger partial charge in [-0.3, -0.25) is 0 Å². The van der Waals surface area contributed by atoms with Crippen molar-refractivity contribution in [1.82, 2.24) is 5.32 Å². The Bertz CT molecular complexity index is 262. The summed E-state index contributed by atoms with van der Waals surface area (Å²) in [6, 6.07) is 0.760. The third-order valence-electron chi connectivity index (χ3n) is 5.54. The summed E-state index contributed by atoms with van der Waals surface area (Å²) in [4.78, 5) is 0. The van der Waals surface area contributed by atoms with Gasteiger partial charge in [-0.15, -0.1) is 0 Å². The predicted octanol–water partition coefficient (Wildman–Crippen LogP) is 3.30. The minimum atomic E-state index is 0.435. The van der Waals surface area contributed by atoms with Crippen LogP contribution in [-0.2, 0) is 0 Å². The molecule has 0 aromatic carbocycles. The van der Waals surface area contributed by atoms with E-state index in [0.29, 0.717) is 5.41 Å². The number of hydrogen-bond donors (Lipinski definition) is 1. The average Bonchev–Trinajstić information content (AvgIpc) is 2.63. The van der Waals surface area contributed by atoms with Crippen LogP contribution in [-0.4, -0.2) is 12.6 Å². The first-order chi connectivity index (χ1) is 7.54. The van der Waals surface area contributed by atoms with Gasteiger partial charge in [0, 0.05) is 6.04 Å². The van der Waals surface area contributed by atoms with Gasteiger partial charge >= 0.3 is 0 Å². The van der Waals surface area contributed by atoms with E-state index in [9.17, 15) is 0 Å². The molecule has 0 radical (unpaired) electrons. The van der Waals surface area contributed by atoms with Crippen molar-refractivity contribution in [2.24, 2.45) is 35.0 Å². The van der Waals surface area contributed by atoms with E-state index in [2.05, 4.69) is 33.0 Å². The third-order valence-corrected chi connectivity index (χ3v) is 5.54. The first kappa shape index (κ1) is 11.1. The lowest BCUT2D eigenvalue weighted by atomic mass is 9.80. The molecule has 3 aliphatic carbocycles. The molecule has 0 aliphatic heterocycles. The van der Waals surface area contributed by atoms with Crippen LogP contribution in [0.2, 0.25) is 0 Å². The van der Waals surface area contributed by atoms with E-state index < -0.39 is 0 Å². The predicted molar refractivity (Wildman–Crippen MR) is 68.2 cm³/mol. The van der Waals surface area contributed by atoms with Gasteiger partial charge in [-0.2, -0.15) is 0 Å². The maximum Gasteiger partial charge on any atom is 0.0149 e. The molecule has 0 saturated heterocycles. The summed E-state index contributed by atoms with van der Waals surface area (Å²) in [7, 11) is 0. The molecular formula is C15H27N. The molecule has 0 spiro atoms. The second kappa shape index (κ2) is 3.48. The van der Waals surface area contributed by atoms with Gasteiger partial charge in [-0.25, -0.2) is 0 Å². The normalized spacial score (nSPS) is 46.9.